The Bertz CT molecular complexity index is 1210. The average Bonchev–Trinajstić information content (AvgIpc) is 3.18. The molecule has 3 aromatic carbocycles. The number of aryl methyl sites for hydroxylation is 2. The quantitative estimate of drug-likeness (QED) is 0.527. The topological polar surface area (TPSA) is 66.9 Å². The monoisotopic (exact) mass is 397 g/mol. The number of carbonyl (C=O) groups is 1. The maximum absolute atomic E-state index is 13.2. The lowest BCUT2D eigenvalue weighted by molar-refractivity contribution is 0.0943. The summed E-state index contributed by atoms with van der Waals surface area (Å²) < 4.78 is 1.47. The average molecular weight is 397 g/mol. The first-order chi connectivity index (χ1) is 14.5. The second-order valence-electron chi connectivity index (χ2n) is 7.42. The molecule has 0 saturated heterocycles. The highest BCUT2D eigenvalue weighted by molar-refractivity contribution is 5.95. The van der Waals surface area contributed by atoms with Crippen LogP contribution < -0.4 is 11.0 Å². The van der Waals surface area contributed by atoms with Crippen LogP contribution in [0.3, 0.4) is 0 Å². The standard InChI is InChI=1S/C25H23N3O2/c1-17-6-3-8-19(14-17)23(20-9-4-7-18(2)15-20)27-24(29)21-10-5-11-22(16-21)28-13-12-26-25(28)30/h3-16,23H,1-2H3,(H,26,30)(H,27,29). The van der Waals surface area contributed by atoms with Gasteiger partial charge < -0.3 is 10.3 Å². The fourth-order valence-corrected chi connectivity index (χ4v) is 3.59. The molecule has 150 valence electrons. The molecule has 0 aliphatic carbocycles. The number of aromatic amines is 1. The smallest absolute Gasteiger partial charge is 0.330 e. The van der Waals surface area contributed by atoms with Crippen LogP contribution in [0.4, 0.5) is 0 Å². The molecule has 30 heavy (non-hydrogen) atoms. The number of carbonyl (C=O) groups excluding carboxylic acids is 1. The summed E-state index contributed by atoms with van der Waals surface area (Å²) in [5, 5.41) is 3.17. The van der Waals surface area contributed by atoms with Crippen LogP contribution in [-0.4, -0.2) is 15.5 Å². The summed E-state index contributed by atoms with van der Waals surface area (Å²) >= 11 is 0. The summed E-state index contributed by atoms with van der Waals surface area (Å²) in [7, 11) is 0. The summed E-state index contributed by atoms with van der Waals surface area (Å²) in [6.45, 7) is 4.08. The van der Waals surface area contributed by atoms with E-state index < -0.39 is 0 Å². The van der Waals surface area contributed by atoms with E-state index in [1.165, 1.54) is 4.57 Å². The predicted molar refractivity (Wildman–Crippen MR) is 118 cm³/mol. The second-order valence-corrected chi connectivity index (χ2v) is 7.42. The molecule has 0 spiro atoms. The number of nitrogens with zero attached hydrogens (tertiary/aromatic N) is 1. The molecule has 4 aromatic rings. The maximum Gasteiger partial charge on any atom is 0.330 e. The number of hydrogen-bond acceptors (Lipinski definition) is 2. The summed E-state index contributed by atoms with van der Waals surface area (Å²) in [6.07, 6.45) is 3.21. The lowest BCUT2D eigenvalue weighted by Crippen LogP contribution is -2.29. The Balaban J connectivity index is 1.69. The van der Waals surface area contributed by atoms with Gasteiger partial charge >= 0.3 is 5.69 Å². The van der Waals surface area contributed by atoms with Crippen LogP contribution in [-0.2, 0) is 0 Å². The van der Waals surface area contributed by atoms with Crippen LogP contribution in [0.25, 0.3) is 5.69 Å². The number of benzene rings is 3. The lowest BCUT2D eigenvalue weighted by Gasteiger charge is -2.21. The third kappa shape index (κ3) is 4.10. The minimum atomic E-state index is -0.282. The van der Waals surface area contributed by atoms with Crippen molar-refractivity contribution in [2.24, 2.45) is 0 Å². The first-order valence-corrected chi connectivity index (χ1v) is 9.82. The maximum atomic E-state index is 13.2. The molecule has 0 bridgehead atoms. The Morgan fingerprint density at radius 3 is 2.10 bits per heavy atom. The number of imidazole rings is 1. The Labute approximate surface area is 175 Å². The fourth-order valence-electron chi connectivity index (χ4n) is 3.59. The molecular weight excluding hydrogens is 374 g/mol. The molecule has 0 aliphatic heterocycles. The van der Waals surface area contributed by atoms with Crippen LogP contribution in [0, 0.1) is 13.8 Å². The van der Waals surface area contributed by atoms with E-state index >= 15 is 0 Å². The van der Waals surface area contributed by atoms with Gasteiger partial charge in [-0.25, -0.2) is 4.79 Å². The van der Waals surface area contributed by atoms with Gasteiger partial charge in [0, 0.05) is 18.0 Å². The third-order valence-corrected chi connectivity index (χ3v) is 5.06. The largest absolute Gasteiger partial charge is 0.341 e. The zero-order valence-electron chi connectivity index (χ0n) is 16.9. The van der Waals surface area contributed by atoms with Crippen molar-refractivity contribution in [3.05, 3.63) is 123 Å². The summed E-state index contributed by atoms with van der Waals surface area (Å²) in [5.74, 6) is -0.201. The van der Waals surface area contributed by atoms with Gasteiger partial charge in [-0.3, -0.25) is 9.36 Å². The van der Waals surface area contributed by atoms with Crippen molar-refractivity contribution in [1.82, 2.24) is 14.9 Å². The minimum Gasteiger partial charge on any atom is -0.341 e. The van der Waals surface area contributed by atoms with E-state index in [0.29, 0.717) is 11.3 Å². The molecule has 0 fully saturated rings. The summed E-state index contributed by atoms with van der Waals surface area (Å²) in [6, 6.07) is 23.1. The molecule has 1 aromatic heterocycles. The van der Waals surface area contributed by atoms with Crippen molar-refractivity contribution in [2.75, 3.05) is 0 Å². The molecule has 0 atom stereocenters. The number of nitrogens with one attached hydrogen (secondary N) is 2. The normalized spacial score (nSPS) is 10.9. The van der Waals surface area contributed by atoms with Gasteiger partial charge in [0.25, 0.3) is 5.91 Å². The zero-order chi connectivity index (χ0) is 21.1. The highest BCUT2D eigenvalue weighted by Crippen LogP contribution is 2.24. The van der Waals surface area contributed by atoms with Crippen molar-refractivity contribution >= 4 is 5.91 Å². The second kappa shape index (κ2) is 8.25. The highest BCUT2D eigenvalue weighted by atomic mass is 16.2. The molecule has 5 heteroatoms. The fraction of sp³-hybridized carbons (Fsp3) is 0.120. The van der Waals surface area contributed by atoms with Gasteiger partial charge in [0.05, 0.1) is 11.7 Å². The summed E-state index contributed by atoms with van der Waals surface area (Å²) in [5.41, 5.74) is 5.19. The van der Waals surface area contributed by atoms with Gasteiger partial charge in [-0.05, 0) is 43.2 Å². The first kappa shape index (κ1) is 19.5. The van der Waals surface area contributed by atoms with E-state index in [2.05, 4.69) is 22.4 Å². The Morgan fingerprint density at radius 2 is 1.53 bits per heavy atom. The molecule has 2 N–H and O–H groups in total. The van der Waals surface area contributed by atoms with Crippen molar-refractivity contribution in [3.63, 3.8) is 0 Å². The van der Waals surface area contributed by atoms with E-state index in [9.17, 15) is 9.59 Å². The van der Waals surface area contributed by atoms with Crippen molar-refractivity contribution < 1.29 is 4.79 Å². The molecule has 0 radical (unpaired) electrons. The van der Waals surface area contributed by atoms with Crippen LogP contribution in [0.15, 0.2) is 90.0 Å². The number of H-pyrrole nitrogens is 1. The van der Waals surface area contributed by atoms with E-state index in [1.807, 2.05) is 50.2 Å². The molecule has 0 aliphatic rings. The van der Waals surface area contributed by atoms with Gasteiger partial charge in [0.15, 0.2) is 0 Å². The molecule has 1 heterocycles. The van der Waals surface area contributed by atoms with Crippen LogP contribution in [0.1, 0.15) is 38.7 Å². The Morgan fingerprint density at radius 1 is 0.900 bits per heavy atom. The van der Waals surface area contributed by atoms with Gasteiger partial charge in [-0.15, -0.1) is 0 Å². The predicted octanol–water partition coefficient (Wildman–Crippen LogP) is 4.30. The number of hydrogen-bond donors (Lipinski definition) is 2. The van der Waals surface area contributed by atoms with E-state index in [4.69, 9.17) is 0 Å². The third-order valence-electron chi connectivity index (χ3n) is 5.06. The lowest BCUT2D eigenvalue weighted by atomic mass is 9.95. The minimum absolute atomic E-state index is 0.201. The molecular formula is C25H23N3O2. The SMILES string of the molecule is Cc1cccc(C(NC(=O)c2cccc(-n3cc[nH]c3=O)c2)c2cccc(C)c2)c1. The van der Waals surface area contributed by atoms with E-state index in [1.54, 1.807) is 36.7 Å². The zero-order valence-corrected chi connectivity index (χ0v) is 16.9. The molecule has 0 saturated carbocycles. The van der Waals surface area contributed by atoms with Gasteiger partial charge in [-0.2, -0.15) is 0 Å². The van der Waals surface area contributed by atoms with Gasteiger partial charge in [0.2, 0.25) is 0 Å². The van der Waals surface area contributed by atoms with E-state index in [-0.39, 0.29) is 17.6 Å². The van der Waals surface area contributed by atoms with Crippen molar-refractivity contribution in [3.8, 4) is 5.69 Å². The highest BCUT2D eigenvalue weighted by Gasteiger charge is 2.19. The van der Waals surface area contributed by atoms with Crippen LogP contribution in [0.2, 0.25) is 0 Å². The summed E-state index contributed by atoms with van der Waals surface area (Å²) in [4.78, 5) is 27.7. The number of aromatic nitrogens is 2. The van der Waals surface area contributed by atoms with Gasteiger partial charge in [0.1, 0.15) is 0 Å². The van der Waals surface area contributed by atoms with Gasteiger partial charge in [-0.1, -0.05) is 65.7 Å². The number of rotatable bonds is 5. The van der Waals surface area contributed by atoms with Crippen LogP contribution in [0.5, 0.6) is 0 Å². The van der Waals surface area contributed by atoms with E-state index in [0.717, 1.165) is 22.3 Å². The molecule has 1 amide bonds. The number of amides is 1. The Kier molecular flexibility index (Phi) is 5.35. The van der Waals surface area contributed by atoms with Crippen molar-refractivity contribution in [1.29, 1.82) is 0 Å². The van der Waals surface area contributed by atoms with Crippen LogP contribution >= 0.6 is 0 Å². The van der Waals surface area contributed by atoms with Crippen molar-refractivity contribution in [2.45, 2.75) is 19.9 Å². The molecule has 4 rings (SSSR count). The molecule has 0 unspecified atom stereocenters. The first-order valence-electron chi connectivity index (χ1n) is 9.82. The Hall–Kier alpha value is -3.86. The molecule has 5 nitrogen and oxygen atoms in total.